The molecule has 0 radical (unpaired) electrons. The molecule has 39 heavy (non-hydrogen) atoms. The predicted molar refractivity (Wildman–Crippen MR) is 139 cm³/mol. The number of methoxy groups -OCH3 is 1. The van der Waals surface area contributed by atoms with Gasteiger partial charge in [0.05, 0.1) is 25.6 Å². The summed E-state index contributed by atoms with van der Waals surface area (Å²) >= 11 is 6.26. The van der Waals surface area contributed by atoms with Crippen molar-refractivity contribution in [3.8, 4) is 0 Å². The van der Waals surface area contributed by atoms with Crippen molar-refractivity contribution in [3.05, 3.63) is 59.0 Å². The zero-order chi connectivity index (χ0) is 27.8. The van der Waals surface area contributed by atoms with E-state index in [9.17, 15) is 25.2 Å². The van der Waals surface area contributed by atoms with Crippen LogP contribution in [0.25, 0.3) is 10.9 Å². The lowest BCUT2D eigenvalue weighted by Crippen LogP contribution is -2.60. The fourth-order valence-electron chi connectivity index (χ4n) is 5.76. The Morgan fingerprint density at radius 2 is 2.03 bits per heavy atom. The van der Waals surface area contributed by atoms with Gasteiger partial charge in [0.2, 0.25) is 6.29 Å². The van der Waals surface area contributed by atoms with Crippen LogP contribution in [0.1, 0.15) is 23.7 Å². The van der Waals surface area contributed by atoms with Crippen LogP contribution in [0.2, 0.25) is 5.02 Å². The Bertz CT molecular complexity index is 1250. The van der Waals surface area contributed by atoms with Crippen LogP contribution in [-0.4, -0.2) is 88.6 Å². The second-order valence-electron chi connectivity index (χ2n) is 10.0. The van der Waals surface area contributed by atoms with Crippen molar-refractivity contribution >= 4 is 28.5 Å². The summed E-state index contributed by atoms with van der Waals surface area (Å²) in [5.74, 6) is -1.63. The fraction of sp³-hybridized carbons (Fsp3) is 0.519. The van der Waals surface area contributed by atoms with Crippen molar-refractivity contribution in [2.45, 2.75) is 55.9 Å². The van der Waals surface area contributed by atoms with Crippen LogP contribution in [0.5, 0.6) is 0 Å². The van der Waals surface area contributed by atoms with Gasteiger partial charge in [-0.15, -0.1) is 6.58 Å². The fourth-order valence-corrected chi connectivity index (χ4v) is 5.94. The molecule has 6 N–H and O–H groups in total. The summed E-state index contributed by atoms with van der Waals surface area (Å²) in [4.78, 5) is 16.3. The minimum Gasteiger partial charge on any atom is -0.471 e. The van der Waals surface area contributed by atoms with E-state index in [1.54, 1.807) is 6.08 Å². The summed E-state index contributed by atoms with van der Waals surface area (Å²) in [6, 6.07) is 5.56. The maximum Gasteiger partial charge on any atom is 0.337 e. The Morgan fingerprint density at radius 3 is 2.74 bits per heavy atom. The Hall–Kier alpha value is -2.48. The van der Waals surface area contributed by atoms with Crippen LogP contribution < -0.4 is 5.32 Å². The van der Waals surface area contributed by atoms with Gasteiger partial charge in [-0.1, -0.05) is 17.7 Å². The Kier molecular flexibility index (Phi) is 8.32. The highest BCUT2D eigenvalue weighted by atomic mass is 35.5. The smallest absolute Gasteiger partial charge is 0.337 e. The molecule has 0 spiro atoms. The van der Waals surface area contributed by atoms with E-state index >= 15 is 0 Å². The lowest BCUT2D eigenvalue weighted by molar-refractivity contribution is -0.339. The standard InChI is InChI=1S/C27H33ClN2O9/c1-3-13-15(9-19-21-14(6-7-29-19)16-8-12(28)4-5-18(16)30-21)17(25(35)36-2)11-37-26(13)39-27-24(34)23(33)22(32)20(10-31)38-27/h3-5,8,11,13,15,19-20,22-24,26-27,29-34H,1,6-7,9-10H2,2H3/t13-,15+,19+,20?,22?,23?,24?,26+,27?/m1/s1. The summed E-state index contributed by atoms with van der Waals surface area (Å²) in [5, 5.41) is 45.5. The van der Waals surface area contributed by atoms with Gasteiger partial charge in [-0.3, -0.25) is 0 Å². The molecular weight excluding hydrogens is 532 g/mol. The van der Waals surface area contributed by atoms with Crippen molar-refractivity contribution in [2.75, 3.05) is 20.3 Å². The molecule has 1 fully saturated rings. The third-order valence-corrected chi connectivity index (χ3v) is 8.06. The topological polar surface area (TPSA) is 163 Å². The first-order chi connectivity index (χ1) is 18.8. The molecule has 12 heteroatoms. The molecule has 0 bridgehead atoms. The van der Waals surface area contributed by atoms with E-state index in [0.717, 1.165) is 35.1 Å². The third-order valence-electron chi connectivity index (χ3n) is 7.82. The molecule has 0 aliphatic carbocycles. The van der Waals surface area contributed by atoms with Crippen molar-refractivity contribution in [3.63, 3.8) is 0 Å². The van der Waals surface area contributed by atoms with Gasteiger partial charge in [-0.05, 0) is 43.1 Å². The highest BCUT2D eigenvalue weighted by Crippen LogP contribution is 2.42. The minimum absolute atomic E-state index is 0.161. The zero-order valence-corrected chi connectivity index (χ0v) is 22.1. The molecule has 0 amide bonds. The number of carbonyl (C=O) groups is 1. The van der Waals surface area contributed by atoms with Crippen molar-refractivity contribution in [2.24, 2.45) is 11.8 Å². The quantitative estimate of drug-likeness (QED) is 0.212. The number of esters is 1. The number of ether oxygens (including phenoxy) is 4. The van der Waals surface area contributed by atoms with Crippen LogP contribution in [0, 0.1) is 11.8 Å². The average Bonchev–Trinajstić information content (AvgIpc) is 3.31. The number of hydrogen-bond acceptors (Lipinski definition) is 10. The Labute approximate surface area is 230 Å². The number of aromatic amines is 1. The van der Waals surface area contributed by atoms with Crippen LogP contribution in [0.3, 0.4) is 0 Å². The molecule has 1 aromatic carbocycles. The van der Waals surface area contributed by atoms with E-state index in [-0.39, 0.29) is 6.04 Å². The largest absolute Gasteiger partial charge is 0.471 e. The zero-order valence-electron chi connectivity index (χ0n) is 21.3. The highest BCUT2D eigenvalue weighted by molar-refractivity contribution is 6.31. The molecule has 11 nitrogen and oxygen atoms in total. The number of halogens is 1. The normalized spacial score (nSPS) is 34.6. The summed E-state index contributed by atoms with van der Waals surface area (Å²) in [6.07, 6.45) is -4.22. The van der Waals surface area contributed by atoms with Gasteiger partial charge >= 0.3 is 5.97 Å². The number of hydrogen-bond donors (Lipinski definition) is 6. The number of nitrogens with one attached hydrogen (secondary N) is 2. The first-order valence-electron chi connectivity index (χ1n) is 12.8. The molecule has 3 aliphatic heterocycles. The maximum atomic E-state index is 12.8. The first-order valence-corrected chi connectivity index (χ1v) is 13.2. The molecular formula is C27H33ClN2O9. The van der Waals surface area contributed by atoms with E-state index in [4.69, 9.17) is 30.5 Å². The summed E-state index contributed by atoms with van der Waals surface area (Å²) in [7, 11) is 1.29. The monoisotopic (exact) mass is 564 g/mol. The van der Waals surface area contributed by atoms with Gasteiger partial charge in [0.15, 0.2) is 6.29 Å². The van der Waals surface area contributed by atoms with E-state index in [1.807, 2.05) is 18.2 Å². The molecule has 5 rings (SSSR count). The molecule has 212 valence electrons. The summed E-state index contributed by atoms with van der Waals surface area (Å²) < 4.78 is 22.2. The Morgan fingerprint density at radius 1 is 1.23 bits per heavy atom. The molecule has 0 saturated carbocycles. The number of aliphatic hydroxyl groups is 4. The van der Waals surface area contributed by atoms with Crippen molar-refractivity contribution in [1.29, 1.82) is 0 Å². The number of aliphatic hydroxyl groups excluding tert-OH is 4. The SMILES string of the molecule is C=C[C@H]1[C@H](OC2OC(CO)C(O)C(O)C2O)OC=C(C(=O)OC)[C@H]1C[C@@H]1NCCc2c1[nH]c1ccc(Cl)cc21. The van der Waals surface area contributed by atoms with E-state index in [1.165, 1.54) is 13.4 Å². The number of fused-ring (bicyclic) bond motifs is 3. The van der Waals surface area contributed by atoms with Crippen LogP contribution in [0.4, 0.5) is 0 Å². The highest BCUT2D eigenvalue weighted by Gasteiger charge is 2.48. The number of H-pyrrole nitrogens is 1. The third kappa shape index (κ3) is 5.21. The second-order valence-corrected chi connectivity index (χ2v) is 10.5. The van der Waals surface area contributed by atoms with Gasteiger partial charge < -0.3 is 49.7 Å². The van der Waals surface area contributed by atoms with Gasteiger partial charge in [0, 0.05) is 39.5 Å². The molecule has 5 unspecified atom stereocenters. The molecule has 9 atom stereocenters. The summed E-state index contributed by atoms with van der Waals surface area (Å²) in [5.41, 5.74) is 3.43. The maximum absolute atomic E-state index is 12.8. The van der Waals surface area contributed by atoms with Gasteiger partial charge in [0.1, 0.15) is 24.4 Å². The molecule has 1 saturated heterocycles. The average molecular weight is 565 g/mol. The predicted octanol–water partition coefficient (Wildman–Crippen LogP) is 1.05. The van der Waals surface area contributed by atoms with E-state index in [0.29, 0.717) is 17.0 Å². The van der Waals surface area contributed by atoms with Gasteiger partial charge in [-0.2, -0.15) is 0 Å². The van der Waals surface area contributed by atoms with Crippen molar-refractivity contribution in [1.82, 2.24) is 10.3 Å². The van der Waals surface area contributed by atoms with Crippen LogP contribution in [0.15, 0.2) is 42.7 Å². The second kappa shape index (κ2) is 11.6. The number of benzene rings is 1. The minimum atomic E-state index is -1.61. The van der Waals surface area contributed by atoms with Gasteiger partial charge in [0.25, 0.3) is 0 Å². The lowest BCUT2D eigenvalue weighted by Gasteiger charge is -2.43. The number of aromatic nitrogens is 1. The Balaban J connectivity index is 1.43. The lowest BCUT2D eigenvalue weighted by atomic mass is 9.78. The van der Waals surface area contributed by atoms with E-state index < -0.39 is 61.4 Å². The van der Waals surface area contributed by atoms with Crippen LogP contribution >= 0.6 is 11.6 Å². The number of carbonyl (C=O) groups excluding carboxylic acids is 1. The molecule has 2 aromatic rings. The molecule has 1 aromatic heterocycles. The van der Waals surface area contributed by atoms with Crippen LogP contribution in [-0.2, 0) is 30.2 Å². The number of rotatable bonds is 7. The molecule has 4 heterocycles. The summed E-state index contributed by atoms with van der Waals surface area (Å²) in [6.45, 7) is 4.07. The van der Waals surface area contributed by atoms with Crippen molar-refractivity contribution < 1.29 is 44.2 Å². The molecule has 3 aliphatic rings. The van der Waals surface area contributed by atoms with Gasteiger partial charge in [-0.25, -0.2) is 4.79 Å². The first kappa shape index (κ1) is 28.1. The van der Waals surface area contributed by atoms with E-state index in [2.05, 4.69) is 16.9 Å².